The number of likely N-dealkylation sites (N-methyl/N-ethyl adjacent to an activating group) is 1. The van der Waals surface area contributed by atoms with Crippen molar-refractivity contribution in [2.45, 2.75) is 58.6 Å². The second-order valence-electron chi connectivity index (χ2n) is 7.51. The van der Waals surface area contributed by atoms with Gasteiger partial charge in [-0.1, -0.05) is 12.4 Å². The Bertz CT molecular complexity index is 746. The molecule has 1 atom stereocenters. The summed E-state index contributed by atoms with van der Waals surface area (Å²) < 4.78 is 5.50. The predicted octanol–water partition coefficient (Wildman–Crippen LogP) is 4.00. The average Bonchev–Trinajstić information content (AvgIpc) is 2.81. The van der Waals surface area contributed by atoms with Gasteiger partial charge in [-0.25, -0.2) is 4.79 Å². The summed E-state index contributed by atoms with van der Waals surface area (Å²) in [7, 11) is 1.84. The Kier molecular flexibility index (Phi) is 5.81. The van der Waals surface area contributed by atoms with E-state index >= 15 is 0 Å². The number of ether oxygens (including phenoxy) is 1. The van der Waals surface area contributed by atoms with Crippen molar-refractivity contribution in [1.29, 1.82) is 0 Å². The first-order chi connectivity index (χ1) is 10.7. The summed E-state index contributed by atoms with van der Waals surface area (Å²) in [4.78, 5) is 17.6. The Morgan fingerprint density at radius 3 is 2.79 bits per heavy atom. The van der Waals surface area contributed by atoms with Gasteiger partial charge < -0.3 is 14.6 Å². The van der Waals surface area contributed by atoms with Crippen molar-refractivity contribution < 1.29 is 42.2 Å². The summed E-state index contributed by atoms with van der Waals surface area (Å²) in [5.41, 5.74) is 4.46. The molecule has 4 nitrogen and oxygen atoms in total. The Labute approximate surface area is 169 Å². The van der Waals surface area contributed by atoms with Crippen molar-refractivity contribution in [3.05, 3.63) is 35.0 Å². The summed E-state index contributed by atoms with van der Waals surface area (Å²) in [5.74, 6) is 0. The molecule has 0 saturated carbocycles. The number of nitrogens with zero attached hydrogens (tertiary/aromatic N) is 1. The maximum atomic E-state index is 12.3. The number of hydrogen-bond acceptors (Lipinski definition) is 2. The van der Waals surface area contributed by atoms with Crippen LogP contribution in [0, 0.1) is 13.0 Å². The van der Waals surface area contributed by atoms with Gasteiger partial charge in [-0.2, -0.15) is 23.8 Å². The molecule has 0 aliphatic heterocycles. The summed E-state index contributed by atoms with van der Waals surface area (Å²) in [6, 6.07) is 7.63. The Morgan fingerprint density at radius 1 is 1.42 bits per heavy atom. The maximum Gasteiger partial charge on any atom is 0.410 e. The standard InChI is InChI=1S/C19H25N2O2.Y/c1-12-6-8-16-14(10-12)15-11-13(7-9-17(15)20-16)21(5)18(22)23-19(2,3)4;/h8,10,13,20H,7,9,11H2,1-5H3;/q-1;. The maximum absolute atomic E-state index is 12.3. The Hall–Kier alpha value is -0.866. The van der Waals surface area contributed by atoms with Gasteiger partial charge in [0.1, 0.15) is 5.60 Å². The van der Waals surface area contributed by atoms with Crippen LogP contribution in [-0.2, 0) is 50.3 Å². The monoisotopic (exact) mass is 402 g/mol. The Balaban J connectivity index is 0.00000208. The van der Waals surface area contributed by atoms with Crippen LogP contribution in [0.3, 0.4) is 0 Å². The molecular formula is C19H25N2O2Y-. The van der Waals surface area contributed by atoms with Crippen LogP contribution in [-0.4, -0.2) is 34.7 Å². The van der Waals surface area contributed by atoms with E-state index in [0.29, 0.717) is 0 Å². The van der Waals surface area contributed by atoms with Crippen molar-refractivity contribution >= 4 is 17.0 Å². The van der Waals surface area contributed by atoms with E-state index in [1.165, 1.54) is 16.6 Å². The molecule has 0 spiro atoms. The number of fused-ring (bicyclic) bond motifs is 3. The molecule has 1 aromatic carbocycles. The molecule has 3 rings (SSSR count). The molecule has 5 heteroatoms. The number of aromatic amines is 1. The molecule has 1 aliphatic rings. The van der Waals surface area contributed by atoms with Gasteiger partial charge >= 0.3 is 6.09 Å². The summed E-state index contributed by atoms with van der Waals surface area (Å²) in [5, 5.41) is 1.26. The summed E-state index contributed by atoms with van der Waals surface area (Å²) in [6.45, 7) is 7.76. The summed E-state index contributed by atoms with van der Waals surface area (Å²) >= 11 is 0. The third-order valence-electron chi connectivity index (χ3n) is 4.47. The van der Waals surface area contributed by atoms with Gasteiger partial charge in [0.15, 0.2) is 0 Å². The third-order valence-corrected chi connectivity index (χ3v) is 4.47. The van der Waals surface area contributed by atoms with Gasteiger partial charge in [-0.15, -0.1) is 5.39 Å². The SMILES string of the molecule is Cc1[c-]cc2[nH]c3c(c2c1)CC(N(C)C(=O)OC(C)(C)C)CC3.[Y]. The van der Waals surface area contributed by atoms with Gasteiger partial charge in [-0.3, -0.25) is 0 Å². The molecule has 0 fully saturated rings. The molecule has 2 aromatic rings. The molecule has 1 amide bonds. The molecule has 1 radical (unpaired) electrons. The topological polar surface area (TPSA) is 45.3 Å². The molecule has 24 heavy (non-hydrogen) atoms. The number of aromatic nitrogens is 1. The van der Waals surface area contributed by atoms with Gasteiger partial charge in [0, 0.05) is 51.5 Å². The molecule has 127 valence electrons. The molecule has 0 saturated heterocycles. The minimum atomic E-state index is -0.459. The molecule has 1 aromatic heterocycles. The van der Waals surface area contributed by atoms with Crippen LogP contribution < -0.4 is 0 Å². The van der Waals surface area contributed by atoms with E-state index in [0.717, 1.165) is 30.3 Å². The van der Waals surface area contributed by atoms with Crippen LogP contribution in [0.2, 0.25) is 0 Å². The number of hydrogen-bond donors (Lipinski definition) is 1. The van der Waals surface area contributed by atoms with E-state index < -0.39 is 5.60 Å². The fraction of sp³-hybridized carbons (Fsp3) is 0.526. The van der Waals surface area contributed by atoms with Crippen LogP contribution in [0.25, 0.3) is 10.9 Å². The van der Waals surface area contributed by atoms with Gasteiger partial charge in [0.05, 0.1) is 0 Å². The van der Waals surface area contributed by atoms with Crippen molar-refractivity contribution in [3.8, 4) is 0 Å². The number of H-pyrrole nitrogens is 1. The smallest absolute Gasteiger partial charge is 0.410 e. The van der Waals surface area contributed by atoms with Crippen LogP contribution in [0.5, 0.6) is 0 Å². The molecule has 1 aliphatic carbocycles. The van der Waals surface area contributed by atoms with Crippen molar-refractivity contribution in [2.75, 3.05) is 7.05 Å². The quantitative estimate of drug-likeness (QED) is 0.733. The van der Waals surface area contributed by atoms with E-state index in [1.54, 1.807) is 4.90 Å². The average molecular weight is 402 g/mol. The minimum absolute atomic E-state index is 0. The zero-order valence-electron chi connectivity index (χ0n) is 15.2. The van der Waals surface area contributed by atoms with E-state index in [4.69, 9.17) is 4.74 Å². The van der Waals surface area contributed by atoms with E-state index in [2.05, 4.69) is 24.0 Å². The first-order valence-corrected chi connectivity index (χ1v) is 8.22. The van der Waals surface area contributed by atoms with Crippen molar-refractivity contribution in [1.82, 2.24) is 9.88 Å². The first-order valence-electron chi connectivity index (χ1n) is 8.22. The van der Waals surface area contributed by atoms with E-state index in [9.17, 15) is 4.79 Å². The number of rotatable bonds is 1. The summed E-state index contributed by atoms with van der Waals surface area (Å²) in [6.07, 6.45) is 2.54. The van der Waals surface area contributed by atoms with Crippen LogP contribution in [0.1, 0.15) is 44.0 Å². The molecule has 0 bridgehead atoms. The first kappa shape index (κ1) is 19.5. The second-order valence-corrected chi connectivity index (χ2v) is 7.51. The van der Waals surface area contributed by atoms with Crippen molar-refractivity contribution in [3.63, 3.8) is 0 Å². The Morgan fingerprint density at radius 2 is 2.12 bits per heavy atom. The number of carbonyl (C=O) groups excluding carboxylic acids is 1. The molecular weight excluding hydrogens is 377 g/mol. The van der Waals surface area contributed by atoms with Crippen LogP contribution >= 0.6 is 0 Å². The molecule has 1 heterocycles. The molecule has 1 N–H and O–H groups in total. The predicted molar refractivity (Wildman–Crippen MR) is 91.7 cm³/mol. The van der Waals surface area contributed by atoms with Crippen molar-refractivity contribution in [2.24, 2.45) is 0 Å². The second kappa shape index (κ2) is 7.17. The molecule has 1 unspecified atom stereocenters. The van der Waals surface area contributed by atoms with E-state index in [1.807, 2.05) is 33.9 Å². The number of carbonyl (C=O) groups is 1. The van der Waals surface area contributed by atoms with Crippen LogP contribution in [0.15, 0.2) is 12.1 Å². The van der Waals surface area contributed by atoms with Gasteiger partial charge in [-0.05, 0) is 45.6 Å². The zero-order chi connectivity index (χ0) is 16.8. The fourth-order valence-corrected chi connectivity index (χ4v) is 3.26. The number of benzene rings is 1. The van der Waals surface area contributed by atoms with Gasteiger partial charge in [0.25, 0.3) is 0 Å². The number of nitrogens with one attached hydrogen (secondary N) is 1. The normalized spacial score (nSPS) is 17.1. The largest absolute Gasteiger partial charge is 0.444 e. The van der Waals surface area contributed by atoms with Gasteiger partial charge in [0.2, 0.25) is 0 Å². The third kappa shape index (κ3) is 4.03. The number of aryl methyl sites for hydroxylation is 2. The fourth-order valence-electron chi connectivity index (χ4n) is 3.26. The minimum Gasteiger partial charge on any atom is -0.444 e. The van der Waals surface area contributed by atoms with E-state index in [-0.39, 0.29) is 44.8 Å². The zero-order valence-corrected chi connectivity index (χ0v) is 18.0. The number of amides is 1. The van der Waals surface area contributed by atoms with Crippen LogP contribution in [0.4, 0.5) is 4.79 Å².